The van der Waals surface area contributed by atoms with Gasteiger partial charge in [-0.2, -0.15) is 5.10 Å². The van der Waals surface area contributed by atoms with Crippen LogP contribution in [0.1, 0.15) is 42.7 Å². The zero-order chi connectivity index (χ0) is 25.3. The number of carbonyl (C=O) groups excluding carboxylic acids is 1. The molecular formula is C24H23BrN4O4S2. The molecule has 0 aliphatic heterocycles. The molecule has 2 heterocycles. The number of halogens is 1. The first-order valence-corrected chi connectivity index (χ1v) is 14.3. The summed E-state index contributed by atoms with van der Waals surface area (Å²) >= 11 is 4.82. The van der Waals surface area contributed by atoms with Crippen LogP contribution in [0.25, 0.3) is 27.0 Å². The van der Waals surface area contributed by atoms with Gasteiger partial charge in [0.15, 0.2) is 20.5 Å². The molecule has 0 saturated carbocycles. The first-order valence-electron chi connectivity index (χ1n) is 10.8. The van der Waals surface area contributed by atoms with Gasteiger partial charge in [-0.15, -0.1) is 10.2 Å². The van der Waals surface area contributed by atoms with E-state index < -0.39 is 15.8 Å². The van der Waals surface area contributed by atoms with Gasteiger partial charge in [-0.25, -0.2) is 17.9 Å². The van der Waals surface area contributed by atoms with Crippen LogP contribution in [0.5, 0.6) is 0 Å². The Hall–Kier alpha value is -2.89. The van der Waals surface area contributed by atoms with Gasteiger partial charge < -0.3 is 4.74 Å². The number of nitrogens with zero attached hydrogens (tertiary/aromatic N) is 4. The minimum Gasteiger partial charge on any atom is -0.461 e. The number of hydrogen-bond donors (Lipinski definition) is 0. The molecular weight excluding hydrogens is 552 g/mol. The van der Waals surface area contributed by atoms with E-state index in [1.807, 2.05) is 24.3 Å². The molecule has 0 radical (unpaired) electrons. The lowest BCUT2D eigenvalue weighted by Crippen LogP contribution is -2.08. The number of ether oxygens (including phenoxy) is 1. The van der Waals surface area contributed by atoms with Gasteiger partial charge >= 0.3 is 5.97 Å². The van der Waals surface area contributed by atoms with Gasteiger partial charge in [0.25, 0.3) is 0 Å². The van der Waals surface area contributed by atoms with Crippen molar-refractivity contribution in [3.8, 4) is 27.0 Å². The third kappa shape index (κ3) is 5.07. The lowest BCUT2D eigenvalue weighted by Gasteiger charge is -2.14. The van der Waals surface area contributed by atoms with Crippen LogP contribution in [0.3, 0.4) is 0 Å². The van der Waals surface area contributed by atoms with Crippen molar-refractivity contribution in [3.05, 3.63) is 64.3 Å². The Bertz CT molecular complexity index is 1510. The first kappa shape index (κ1) is 25.2. The SMILES string of the molecule is CCOC(=O)c1nn(-c2ccccc2C(C)C)c(-c2nnc(-c3cccc(S(C)(=O)=O)c3)s2)c1Br. The van der Waals surface area contributed by atoms with E-state index in [-0.39, 0.29) is 23.1 Å². The number of para-hydroxylation sites is 1. The fourth-order valence-electron chi connectivity index (χ4n) is 3.55. The molecule has 35 heavy (non-hydrogen) atoms. The number of hydrogen-bond acceptors (Lipinski definition) is 8. The third-order valence-corrected chi connectivity index (χ3v) is 8.06. The molecule has 0 fully saturated rings. The van der Waals surface area contributed by atoms with Gasteiger partial charge in [0.2, 0.25) is 0 Å². The van der Waals surface area contributed by atoms with Crippen molar-refractivity contribution in [2.24, 2.45) is 0 Å². The second-order valence-corrected chi connectivity index (χ2v) is 11.9. The smallest absolute Gasteiger partial charge is 0.360 e. The van der Waals surface area contributed by atoms with E-state index in [0.29, 0.717) is 25.7 Å². The fraction of sp³-hybridized carbons (Fsp3) is 0.250. The second kappa shape index (κ2) is 10.00. The predicted molar refractivity (Wildman–Crippen MR) is 139 cm³/mol. The molecule has 8 nitrogen and oxygen atoms in total. The lowest BCUT2D eigenvalue weighted by molar-refractivity contribution is 0.0518. The van der Waals surface area contributed by atoms with Crippen molar-refractivity contribution >= 4 is 43.1 Å². The van der Waals surface area contributed by atoms with Gasteiger partial charge in [0.1, 0.15) is 10.7 Å². The molecule has 0 atom stereocenters. The highest BCUT2D eigenvalue weighted by Gasteiger charge is 2.28. The Labute approximate surface area is 216 Å². The molecule has 2 aromatic carbocycles. The van der Waals surface area contributed by atoms with Crippen molar-refractivity contribution in [1.82, 2.24) is 20.0 Å². The van der Waals surface area contributed by atoms with Crippen LogP contribution in [0.2, 0.25) is 0 Å². The van der Waals surface area contributed by atoms with E-state index in [2.05, 4.69) is 45.1 Å². The van der Waals surface area contributed by atoms with Crippen LogP contribution in [-0.4, -0.2) is 47.2 Å². The quantitative estimate of drug-likeness (QED) is 0.267. The molecule has 0 N–H and O–H groups in total. The van der Waals surface area contributed by atoms with Crippen LogP contribution in [0.15, 0.2) is 57.9 Å². The van der Waals surface area contributed by atoms with Crippen molar-refractivity contribution in [1.29, 1.82) is 0 Å². The standard InChI is InChI=1S/C24H23BrN4O4S2/c1-5-33-24(30)20-19(25)21(29(28-20)18-12-7-6-11-17(18)14(2)3)23-27-26-22(34-23)15-9-8-10-16(13-15)35(4,31)32/h6-14H,5H2,1-4H3. The molecule has 11 heteroatoms. The van der Waals surface area contributed by atoms with Gasteiger partial charge in [0.05, 0.1) is 21.7 Å². The number of carbonyl (C=O) groups is 1. The summed E-state index contributed by atoms with van der Waals surface area (Å²) in [5, 5.41) is 14.3. The highest BCUT2D eigenvalue weighted by Crippen LogP contribution is 2.39. The largest absolute Gasteiger partial charge is 0.461 e. The molecule has 0 saturated heterocycles. The van der Waals surface area contributed by atoms with Crippen molar-refractivity contribution in [2.75, 3.05) is 12.9 Å². The summed E-state index contributed by atoms with van der Waals surface area (Å²) in [5.74, 6) is -0.344. The fourth-order valence-corrected chi connectivity index (χ4v) is 5.82. The summed E-state index contributed by atoms with van der Waals surface area (Å²) < 4.78 is 31.3. The zero-order valence-corrected chi connectivity index (χ0v) is 22.7. The predicted octanol–water partition coefficient (Wildman–Crippen LogP) is 5.52. The zero-order valence-electron chi connectivity index (χ0n) is 19.5. The maximum atomic E-state index is 12.7. The van der Waals surface area contributed by atoms with Gasteiger partial charge in [-0.3, -0.25) is 0 Å². The molecule has 0 aliphatic rings. The Kier molecular flexibility index (Phi) is 7.20. The third-order valence-electron chi connectivity index (χ3n) is 5.22. The summed E-state index contributed by atoms with van der Waals surface area (Å²) in [5.41, 5.74) is 3.18. The van der Waals surface area contributed by atoms with E-state index in [1.54, 1.807) is 35.9 Å². The van der Waals surface area contributed by atoms with Crippen LogP contribution >= 0.6 is 27.3 Å². The normalized spacial score (nSPS) is 11.7. The van der Waals surface area contributed by atoms with Gasteiger partial charge in [-0.1, -0.05) is 55.5 Å². The molecule has 0 unspecified atom stereocenters. The van der Waals surface area contributed by atoms with Crippen LogP contribution in [0, 0.1) is 0 Å². The van der Waals surface area contributed by atoms with Crippen LogP contribution < -0.4 is 0 Å². The number of aromatic nitrogens is 4. The molecule has 2 aromatic heterocycles. The molecule has 4 aromatic rings. The highest BCUT2D eigenvalue weighted by atomic mass is 79.9. The summed E-state index contributed by atoms with van der Waals surface area (Å²) in [4.78, 5) is 12.9. The Balaban J connectivity index is 1.90. The van der Waals surface area contributed by atoms with Gasteiger partial charge in [0, 0.05) is 11.8 Å². The average Bonchev–Trinajstić information content (AvgIpc) is 3.43. The van der Waals surface area contributed by atoms with E-state index in [4.69, 9.17) is 4.74 Å². The number of benzene rings is 2. The molecule has 182 valence electrons. The summed E-state index contributed by atoms with van der Waals surface area (Å²) in [6, 6.07) is 14.4. The highest BCUT2D eigenvalue weighted by molar-refractivity contribution is 9.10. The monoisotopic (exact) mass is 574 g/mol. The minimum atomic E-state index is -3.37. The number of esters is 1. The first-order chi connectivity index (χ1) is 16.6. The molecule has 0 aliphatic carbocycles. The Morgan fingerprint density at radius 3 is 2.51 bits per heavy atom. The van der Waals surface area contributed by atoms with Crippen LogP contribution in [0.4, 0.5) is 0 Å². The minimum absolute atomic E-state index is 0.135. The molecule has 4 rings (SSSR count). The van der Waals surface area contributed by atoms with Gasteiger partial charge in [-0.05, 0) is 52.5 Å². The summed E-state index contributed by atoms with van der Waals surface area (Å²) in [7, 11) is -3.37. The van der Waals surface area contributed by atoms with Crippen LogP contribution in [-0.2, 0) is 14.6 Å². The Morgan fingerprint density at radius 2 is 1.83 bits per heavy atom. The van der Waals surface area contributed by atoms with E-state index >= 15 is 0 Å². The number of sulfone groups is 1. The lowest BCUT2D eigenvalue weighted by atomic mass is 10.0. The van der Waals surface area contributed by atoms with Crippen molar-refractivity contribution in [3.63, 3.8) is 0 Å². The molecule has 0 bridgehead atoms. The van der Waals surface area contributed by atoms with E-state index in [9.17, 15) is 13.2 Å². The van der Waals surface area contributed by atoms with Crippen molar-refractivity contribution < 1.29 is 17.9 Å². The maximum Gasteiger partial charge on any atom is 0.360 e. The Morgan fingerprint density at radius 1 is 1.11 bits per heavy atom. The van der Waals surface area contributed by atoms with E-state index in [0.717, 1.165) is 17.5 Å². The molecule has 0 amide bonds. The summed E-state index contributed by atoms with van der Waals surface area (Å²) in [6.07, 6.45) is 1.16. The number of rotatable bonds is 7. The molecule has 0 spiro atoms. The summed E-state index contributed by atoms with van der Waals surface area (Å²) in [6.45, 7) is 6.12. The second-order valence-electron chi connectivity index (χ2n) is 8.07. The maximum absolute atomic E-state index is 12.7. The topological polar surface area (TPSA) is 104 Å². The average molecular weight is 576 g/mol. The van der Waals surface area contributed by atoms with Crippen molar-refractivity contribution in [2.45, 2.75) is 31.6 Å². The van der Waals surface area contributed by atoms with E-state index in [1.165, 1.54) is 11.3 Å².